The van der Waals surface area contributed by atoms with Gasteiger partial charge in [0.05, 0.1) is 0 Å². The van der Waals surface area contributed by atoms with Gasteiger partial charge < -0.3 is 9.47 Å². The van der Waals surface area contributed by atoms with Crippen molar-refractivity contribution < 1.29 is 71.7 Å². The first-order valence-electron chi connectivity index (χ1n) is 7.79. The van der Waals surface area contributed by atoms with Crippen LogP contribution in [-0.2, 0) is 19.1 Å². The third-order valence-corrected chi connectivity index (χ3v) is 2.80. The van der Waals surface area contributed by atoms with Crippen LogP contribution >= 0.6 is 0 Å². The number of rotatable bonds is 8. The van der Waals surface area contributed by atoms with Gasteiger partial charge in [-0.15, -0.1) is 0 Å². The molecule has 32 heavy (non-hydrogen) atoms. The van der Waals surface area contributed by atoms with Gasteiger partial charge in [-0.1, -0.05) is 13.2 Å². The molecule has 0 aliphatic heterocycles. The molecule has 0 aromatic heterocycles. The van der Waals surface area contributed by atoms with Gasteiger partial charge in [0.1, 0.15) is 0 Å². The monoisotopic (exact) mass is 500 g/mol. The van der Waals surface area contributed by atoms with Crippen LogP contribution in [0.3, 0.4) is 0 Å². The molecule has 0 saturated carbocycles. The van der Waals surface area contributed by atoms with Crippen molar-refractivity contribution >= 4 is 11.9 Å². The zero-order chi connectivity index (χ0) is 26.3. The van der Waals surface area contributed by atoms with Crippen molar-refractivity contribution in [3.63, 3.8) is 0 Å². The number of carbonyl (C=O) groups excluding carboxylic acids is 2. The molecule has 0 aliphatic carbocycles. The molecule has 16 heteroatoms. The predicted octanol–water partition coefficient (Wildman–Crippen LogP) is 5.28. The zero-order valence-electron chi connectivity index (χ0n) is 16.2. The van der Waals surface area contributed by atoms with E-state index in [-0.39, 0.29) is 11.1 Å². The molecule has 0 saturated heterocycles. The molecule has 0 fully saturated rings. The Morgan fingerprint density at radius 3 is 1.03 bits per heavy atom. The van der Waals surface area contributed by atoms with Crippen molar-refractivity contribution in [3.8, 4) is 0 Å². The van der Waals surface area contributed by atoms with E-state index in [0.29, 0.717) is 0 Å². The molecule has 0 aromatic carbocycles. The van der Waals surface area contributed by atoms with Crippen molar-refractivity contribution in [3.05, 3.63) is 24.3 Å². The Kier molecular flexibility index (Phi) is 11.4. The number of hydrogen-bond acceptors (Lipinski definition) is 4. The van der Waals surface area contributed by atoms with Crippen LogP contribution in [0.5, 0.6) is 0 Å². The van der Waals surface area contributed by atoms with Gasteiger partial charge in [0.25, 0.3) is 12.3 Å². The molecular weight excluding hydrogens is 484 g/mol. The van der Waals surface area contributed by atoms with E-state index < -0.39 is 61.7 Å². The Hall–Kier alpha value is -2.42. The van der Waals surface area contributed by atoms with Gasteiger partial charge in [-0.05, 0) is 13.8 Å². The highest BCUT2D eigenvalue weighted by Gasteiger charge is 2.58. The summed E-state index contributed by atoms with van der Waals surface area (Å²) in [5, 5.41) is 0. The summed E-state index contributed by atoms with van der Waals surface area (Å²) in [7, 11) is 0. The summed E-state index contributed by atoms with van der Waals surface area (Å²) < 4.78 is 152. The highest BCUT2D eigenvalue weighted by Crippen LogP contribution is 2.36. The summed E-state index contributed by atoms with van der Waals surface area (Å²) in [6.45, 7) is 4.27. The van der Waals surface area contributed by atoms with Crippen LogP contribution in [0.2, 0.25) is 0 Å². The van der Waals surface area contributed by atoms with Crippen LogP contribution in [0.15, 0.2) is 24.3 Å². The maximum absolute atomic E-state index is 12.5. The molecule has 0 rings (SSSR count). The molecule has 0 aromatic rings. The molecular formula is C16H16F12O4. The van der Waals surface area contributed by atoms with Gasteiger partial charge in [0.2, 0.25) is 0 Å². The maximum atomic E-state index is 12.5. The molecule has 2 atom stereocenters. The van der Waals surface area contributed by atoms with E-state index in [0.717, 1.165) is 13.8 Å². The lowest BCUT2D eigenvalue weighted by Crippen LogP contribution is -2.45. The largest absolute Gasteiger partial charge is 0.456 e. The van der Waals surface area contributed by atoms with Crippen LogP contribution in [0.4, 0.5) is 52.7 Å². The van der Waals surface area contributed by atoms with Gasteiger partial charge in [0.15, 0.2) is 13.2 Å². The fourth-order valence-corrected chi connectivity index (χ4v) is 1.20. The molecule has 0 bridgehead atoms. The topological polar surface area (TPSA) is 52.6 Å². The second-order valence-corrected chi connectivity index (χ2v) is 6.04. The third-order valence-electron chi connectivity index (χ3n) is 2.80. The molecule has 0 heterocycles. The van der Waals surface area contributed by atoms with E-state index >= 15 is 0 Å². The normalized spacial score (nSPS) is 14.4. The minimum absolute atomic E-state index is 0.279. The number of hydrogen-bond donors (Lipinski definition) is 0. The number of ether oxygens (including phenoxy) is 2. The minimum Gasteiger partial charge on any atom is -0.456 e. The van der Waals surface area contributed by atoms with Crippen LogP contribution in [0, 0.1) is 0 Å². The van der Waals surface area contributed by atoms with Crippen LogP contribution in [0.25, 0.3) is 0 Å². The summed E-state index contributed by atoms with van der Waals surface area (Å²) in [6.07, 6.45) is -20.2. The number of alkyl halides is 12. The molecule has 0 amide bonds. The smallest absolute Gasteiger partial charge is 0.425 e. The highest BCUT2D eigenvalue weighted by molar-refractivity contribution is 5.87. The van der Waals surface area contributed by atoms with Crippen LogP contribution in [0.1, 0.15) is 13.8 Å². The summed E-state index contributed by atoms with van der Waals surface area (Å²) in [4.78, 5) is 21.2. The van der Waals surface area contributed by atoms with Crippen molar-refractivity contribution in [2.75, 3.05) is 13.2 Å². The third kappa shape index (κ3) is 11.3. The van der Waals surface area contributed by atoms with Gasteiger partial charge in [0, 0.05) is 11.1 Å². The number of carbonyl (C=O) groups is 2. The Bertz CT molecular complexity index is 623. The summed E-state index contributed by atoms with van der Waals surface area (Å²) in [5.41, 5.74) is -0.559. The zero-order valence-corrected chi connectivity index (χ0v) is 16.2. The van der Waals surface area contributed by atoms with Crippen molar-refractivity contribution in [2.45, 2.75) is 50.4 Å². The average Bonchev–Trinajstić information content (AvgIpc) is 2.61. The van der Waals surface area contributed by atoms with Crippen LogP contribution in [-0.4, -0.2) is 61.7 Å². The fourth-order valence-electron chi connectivity index (χ4n) is 1.20. The van der Waals surface area contributed by atoms with Crippen molar-refractivity contribution in [2.24, 2.45) is 0 Å². The fraction of sp³-hybridized carbons (Fsp3) is 0.625. The quantitative estimate of drug-likeness (QED) is 0.259. The van der Waals surface area contributed by atoms with E-state index in [1.807, 2.05) is 0 Å². The summed E-state index contributed by atoms with van der Waals surface area (Å²) in [6, 6.07) is 0. The molecule has 0 radical (unpaired) electrons. The van der Waals surface area contributed by atoms with Crippen molar-refractivity contribution in [1.29, 1.82) is 0 Å². The molecule has 4 nitrogen and oxygen atoms in total. The standard InChI is InChI=1S/2C8H8F6O2/c2*1-4(2)5(15)16-3-7(10,11)6(9)8(12,13)14/h2*6H,1,3H2,2H3. The van der Waals surface area contributed by atoms with E-state index in [1.165, 1.54) is 0 Å². The first-order valence-corrected chi connectivity index (χ1v) is 7.79. The Morgan fingerprint density at radius 1 is 0.656 bits per heavy atom. The van der Waals surface area contributed by atoms with Gasteiger partial charge in [-0.25, -0.2) is 18.4 Å². The van der Waals surface area contributed by atoms with E-state index in [1.54, 1.807) is 0 Å². The predicted molar refractivity (Wildman–Crippen MR) is 83.3 cm³/mol. The number of esters is 2. The summed E-state index contributed by atoms with van der Waals surface area (Å²) in [5.74, 6) is -12.3. The Labute approximate surface area is 172 Å². The van der Waals surface area contributed by atoms with Gasteiger partial charge >= 0.3 is 36.1 Å². The second-order valence-electron chi connectivity index (χ2n) is 6.04. The van der Waals surface area contributed by atoms with Gasteiger partial charge in [-0.2, -0.15) is 43.9 Å². The lowest BCUT2D eigenvalue weighted by Gasteiger charge is -2.22. The lowest BCUT2D eigenvalue weighted by molar-refractivity contribution is -0.254. The molecule has 2 unspecified atom stereocenters. The number of halogens is 12. The highest BCUT2D eigenvalue weighted by atomic mass is 19.4. The second kappa shape index (κ2) is 11.4. The van der Waals surface area contributed by atoms with Crippen LogP contribution < -0.4 is 0 Å². The minimum atomic E-state index is -5.71. The molecule has 188 valence electrons. The molecule has 0 aliphatic rings. The lowest BCUT2D eigenvalue weighted by atomic mass is 10.2. The van der Waals surface area contributed by atoms with Gasteiger partial charge in [-0.3, -0.25) is 0 Å². The summed E-state index contributed by atoms with van der Waals surface area (Å²) >= 11 is 0. The Morgan fingerprint density at radius 2 is 0.875 bits per heavy atom. The maximum Gasteiger partial charge on any atom is 0.425 e. The molecule has 0 spiro atoms. The average molecular weight is 500 g/mol. The SMILES string of the molecule is C=C(C)C(=O)OCC(F)(F)C(F)C(F)(F)F.C=C(C)C(=O)OCC(F)(F)C(F)C(F)(F)F. The van der Waals surface area contributed by atoms with Crippen molar-refractivity contribution in [1.82, 2.24) is 0 Å². The van der Waals surface area contributed by atoms with E-state index in [9.17, 15) is 62.3 Å². The Balaban J connectivity index is 0. The van der Waals surface area contributed by atoms with E-state index in [4.69, 9.17) is 0 Å². The van der Waals surface area contributed by atoms with E-state index in [2.05, 4.69) is 22.6 Å². The first kappa shape index (κ1) is 31.8. The first-order chi connectivity index (χ1) is 14.0. The molecule has 0 N–H and O–H groups in total.